The molecule has 3 N–H and O–H groups in total. The van der Waals surface area contributed by atoms with Crippen molar-refractivity contribution >= 4 is 29.6 Å². The van der Waals surface area contributed by atoms with Crippen LogP contribution in [0.1, 0.15) is 12.6 Å². The maximum absolute atomic E-state index is 12.8. The molecule has 2 aliphatic heterocycles. The highest BCUT2D eigenvalue weighted by Gasteiger charge is 2.50. The molecule has 2 aliphatic rings. The molecule has 6 amide bonds. The van der Waals surface area contributed by atoms with E-state index in [1.807, 2.05) is 0 Å². The predicted octanol–water partition coefficient (Wildman–Crippen LogP) is 0.968. The molecule has 11 heteroatoms. The summed E-state index contributed by atoms with van der Waals surface area (Å²) in [7, 11) is 0. The van der Waals surface area contributed by atoms with Gasteiger partial charge in [0.25, 0.3) is 5.91 Å². The Hall–Kier alpha value is -4.15. The van der Waals surface area contributed by atoms with E-state index in [-0.39, 0.29) is 0 Å². The minimum Gasteiger partial charge on any atom is -0.486 e. The van der Waals surface area contributed by atoms with Crippen molar-refractivity contribution < 1.29 is 28.7 Å². The Morgan fingerprint density at radius 1 is 1.16 bits per heavy atom. The first-order chi connectivity index (χ1) is 14.9. The Balaban J connectivity index is 1.37. The second kappa shape index (κ2) is 7.94. The number of hydrogen-bond donors (Lipinski definition) is 3. The van der Waals surface area contributed by atoms with Gasteiger partial charge in [0, 0.05) is 18.0 Å². The molecule has 0 spiro atoms. The van der Waals surface area contributed by atoms with Crippen molar-refractivity contribution in [3.05, 3.63) is 48.3 Å². The van der Waals surface area contributed by atoms with Gasteiger partial charge in [0.1, 0.15) is 19.8 Å². The molecule has 3 heterocycles. The summed E-state index contributed by atoms with van der Waals surface area (Å²) in [6, 6.07) is 8.19. The predicted molar refractivity (Wildman–Crippen MR) is 106 cm³/mol. The van der Waals surface area contributed by atoms with Gasteiger partial charge in [0.15, 0.2) is 17.0 Å². The van der Waals surface area contributed by atoms with Crippen LogP contribution in [-0.2, 0) is 15.1 Å². The Morgan fingerprint density at radius 3 is 2.68 bits per heavy atom. The quantitative estimate of drug-likeness (QED) is 0.620. The van der Waals surface area contributed by atoms with Gasteiger partial charge < -0.3 is 20.1 Å². The van der Waals surface area contributed by atoms with Crippen LogP contribution in [0.25, 0.3) is 0 Å². The molecule has 31 heavy (non-hydrogen) atoms. The summed E-state index contributed by atoms with van der Waals surface area (Å²) in [6.07, 6.45) is 1.50. The lowest BCUT2D eigenvalue weighted by atomic mass is 9.97. The molecule has 0 aliphatic carbocycles. The van der Waals surface area contributed by atoms with Crippen LogP contribution in [0.5, 0.6) is 11.5 Å². The van der Waals surface area contributed by atoms with Gasteiger partial charge in [-0.3, -0.25) is 24.8 Å². The minimum atomic E-state index is -1.40. The number of anilines is 1. The van der Waals surface area contributed by atoms with Crippen LogP contribution < -0.4 is 25.4 Å². The van der Waals surface area contributed by atoms with Gasteiger partial charge >= 0.3 is 12.1 Å². The lowest BCUT2D eigenvalue weighted by Crippen LogP contribution is -2.45. The Kier molecular flexibility index (Phi) is 5.15. The lowest BCUT2D eigenvalue weighted by Gasteiger charge is -2.20. The van der Waals surface area contributed by atoms with Crippen molar-refractivity contribution in [3.8, 4) is 11.5 Å². The summed E-state index contributed by atoms with van der Waals surface area (Å²) >= 11 is 0. The first-order valence-corrected chi connectivity index (χ1v) is 9.43. The number of imide groups is 2. The molecule has 1 unspecified atom stereocenters. The van der Waals surface area contributed by atoms with Gasteiger partial charge in [0.05, 0.1) is 5.69 Å². The van der Waals surface area contributed by atoms with E-state index in [1.165, 1.54) is 13.1 Å². The summed E-state index contributed by atoms with van der Waals surface area (Å²) in [6.45, 7) is 1.71. The van der Waals surface area contributed by atoms with Crippen LogP contribution >= 0.6 is 0 Å². The number of aromatic nitrogens is 1. The van der Waals surface area contributed by atoms with Gasteiger partial charge in [-0.1, -0.05) is 6.07 Å². The van der Waals surface area contributed by atoms with Gasteiger partial charge in [-0.15, -0.1) is 0 Å². The number of urea groups is 2. The van der Waals surface area contributed by atoms with Crippen molar-refractivity contribution in [2.45, 2.75) is 12.5 Å². The van der Waals surface area contributed by atoms with E-state index >= 15 is 0 Å². The fourth-order valence-corrected chi connectivity index (χ4v) is 3.27. The zero-order valence-electron chi connectivity index (χ0n) is 16.5. The molecule has 0 radical (unpaired) electrons. The van der Waals surface area contributed by atoms with E-state index in [1.54, 1.807) is 36.4 Å². The highest BCUT2D eigenvalue weighted by molar-refractivity contribution is 6.10. The summed E-state index contributed by atoms with van der Waals surface area (Å²) < 4.78 is 10.8. The molecule has 1 atom stereocenters. The monoisotopic (exact) mass is 425 g/mol. The Bertz CT molecular complexity index is 1060. The molecule has 2 aromatic rings. The highest BCUT2D eigenvalue weighted by atomic mass is 16.6. The third kappa shape index (κ3) is 3.97. The van der Waals surface area contributed by atoms with E-state index in [0.717, 1.165) is 4.90 Å². The first kappa shape index (κ1) is 20.1. The van der Waals surface area contributed by atoms with E-state index in [4.69, 9.17) is 9.47 Å². The number of amides is 6. The molecular weight excluding hydrogens is 406 g/mol. The zero-order valence-corrected chi connectivity index (χ0v) is 16.5. The number of benzene rings is 1. The second-order valence-corrected chi connectivity index (χ2v) is 7.02. The number of fused-ring (bicyclic) bond motifs is 1. The van der Waals surface area contributed by atoms with Gasteiger partial charge in [-0.2, -0.15) is 0 Å². The number of rotatable bonds is 4. The molecule has 160 valence electrons. The van der Waals surface area contributed by atoms with Gasteiger partial charge in [-0.25, -0.2) is 9.59 Å². The third-order valence-corrected chi connectivity index (χ3v) is 4.81. The average Bonchev–Trinajstić information content (AvgIpc) is 2.98. The number of nitrogens with zero attached hydrogens (tertiary/aromatic N) is 2. The largest absolute Gasteiger partial charge is 0.486 e. The third-order valence-electron chi connectivity index (χ3n) is 4.81. The average molecular weight is 425 g/mol. The van der Waals surface area contributed by atoms with Gasteiger partial charge in [0.2, 0.25) is 5.91 Å². The molecule has 1 fully saturated rings. The van der Waals surface area contributed by atoms with E-state index in [2.05, 4.69) is 20.9 Å². The number of carbonyl (C=O) groups excluding carboxylic acids is 4. The smallest absolute Gasteiger partial charge is 0.325 e. The second-order valence-electron chi connectivity index (χ2n) is 7.02. The Morgan fingerprint density at radius 2 is 1.94 bits per heavy atom. The number of hydrogen-bond acceptors (Lipinski definition) is 7. The van der Waals surface area contributed by atoms with E-state index in [9.17, 15) is 19.2 Å². The molecule has 11 nitrogen and oxygen atoms in total. The van der Waals surface area contributed by atoms with E-state index in [0.29, 0.717) is 36.1 Å². The molecule has 4 rings (SSSR count). The van der Waals surface area contributed by atoms with Crippen molar-refractivity contribution in [3.63, 3.8) is 0 Å². The summed E-state index contributed by atoms with van der Waals surface area (Å²) in [4.78, 5) is 54.3. The molecule has 1 saturated heterocycles. The maximum atomic E-state index is 12.8. The summed E-state index contributed by atoms with van der Waals surface area (Å²) in [5, 5.41) is 7.13. The van der Waals surface area contributed by atoms with Crippen molar-refractivity contribution in [1.82, 2.24) is 20.5 Å². The van der Waals surface area contributed by atoms with Crippen LogP contribution in [-0.4, -0.2) is 53.5 Å². The normalized spacial score (nSPS) is 19.6. The van der Waals surface area contributed by atoms with Crippen molar-refractivity contribution in [2.24, 2.45) is 0 Å². The van der Waals surface area contributed by atoms with Crippen molar-refractivity contribution in [2.75, 3.05) is 25.1 Å². The molecule has 1 aromatic heterocycles. The molecule has 0 saturated carbocycles. The molecule has 1 aromatic carbocycles. The maximum Gasteiger partial charge on any atom is 0.325 e. The topological polar surface area (TPSA) is 139 Å². The fraction of sp³-hybridized carbons (Fsp3) is 0.250. The fourth-order valence-electron chi connectivity index (χ4n) is 3.27. The van der Waals surface area contributed by atoms with Crippen LogP contribution in [0.15, 0.2) is 42.6 Å². The number of nitrogens with one attached hydrogen (secondary N) is 3. The lowest BCUT2D eigenvalue weighted by molar-refractivity contribution is -0.134. The van der Waals surface area contributed by atoms with Crippen LogP contribution in [0.2, 0.25) is 0 Å². The highest BCUT2D eigenvalue weighted by Crippen LogP contribution is 2.32. The Labute approximate surface area is 176 Å². The van der Waals surface area contributed by atoms with Crippen LogP contribution in [0, 0.1) is 0 Å². The minimum absolute atomic E-state index is 0.340. The molecule has 0 bridgehead atoms. The molecular formula is C20H19N5O6. The van der Waals surface area contributed by atoms with Crippen LogP contribution in [0.3, 0.4) is 0 Å². The standard InChI is InChI=1S/C20H19N5O6/c1-20(15-4-2-3-7-21-15)17(27)25(19(29)24-20)11-16(26)23-18(28)22-12-5-6-13-14(10-12)31-9-8-30-13/h2-7,10H,8-9,11H2,1H3,(H,24,29)(H2,22,23,26,28). The van der Waals surface area contributed by atoms with E-state index < -0.39 is 36.0 Å². The van der Waals surface area contributed by atoms with Crippen LogP contribution in [0.4, 0.5) is 15.3 Å². The zero-order chi connectivity index (χ0) is 22.0. The number of carbonyl (C=O) groups is 4. The number of ether oxygens (including phenoxy) is 2. The SMILES string of the molecule is CC1(c2ccccn2)NC(=O)N(CC(=O)NC(=O)Nc2ccc3c(c2)OCCO3)C1=O. The summed E-state index contributed by atoms with van der Waals surface area (Å²) in [5.41, 5.74) is -0.675. The first-order valence-electron chi connectivity index (χ1n) is 9.43. The van der Waals surface area contributed by atoms with Gasteiger partial charge in [-0.05, 0) is 31.2 Å². The summed E-state index contributed by atoms with van der Waals surface area (Å²) in [5.74, 6) is -0.436. The van der Waals surface area contributed by atoms with Crippen molar-refractivity contribution in [1.29, 1.82) is 0 Å². The number of pyridine rings is 1.